The molecule has 0 bridgehead atoms. The van der Waals surface area contributed by atoms with Crippen LogP contribution < -0.4 is 0 Å². The Labute approximate surface area is 180 Å². The SMILES string of the molecule is COC(=O)[C@@H](OC(C)(C)C)c1c(C)nc(C(=O)C=[N+]=N)c(C)c1-c1ccc(Cl)cc1. The first kappa shape index (κ1) is 23.4. The zero-order chi connectivity index (χ0) is 22.6. The lowest BCUT2D eigenvalue weighted by atomic mass is 9.89. The van der Waals surface area contributed by atoms with E-state index < -0.39 is 23.5 Å². The molecule has 8 heteroatoms. The van der Waals surface area contributed by atoms with E-state index in [1.165, 1.54) is 7.11 Å². The van der Waals surface area contributed by atoms with Gasteiger partial charge >= 0.3 is 12.2 Å². The number of hydrogen-bond acceptors (Lipinski definition) is 6. The highest BCUT2D eigenvalue weighted by atomic mass is 35.5. The van der Waals surface area contributed by atoms with E-state index in [0.717, 1.165) is 11.8 Å². The summed E-state index contributed by atoms with van der Waals surface area (Å²) < 4.78 is 11.1. The third-order valence-corrected chi connectivity index (χ3v) is 4.62. The molecule has 0 fully saturated rings. The Morgan fingerprint density at radius 2 is 1.80 bits per heavy atom. The van der Waals surface area contributed by atoms with Crippen LogP contribution in [0, 0.1) is 19.4 Å². The highest BCUT2D eigenvalue weighted by Crippen LogP contribution is 2.38. The zero-order valence-electron chi connectivity index (χ0n) is 17.9. The summed E-state index contributed by atoms with van der Waals surface area (Å²) in [6.07, 6.45) is -0.162. The molecule has 7 nitrogen and oxygen atoms in total. The van der Waals surface area contributed by atoms with Crippen LogP contribution in [0.4, 0.5) is 0 Å². The number of nitrogens with zero attached hydrogens (tertiary/aromatic N) is 2. The summed E-state index contributed by atoms with van der Waals surface area (Å²) in [5, 5.41) is 0.553. The first-order valence-electron chi connectivity index (χ1n) is 9.27. The summed E-state index contributed by atoms with van der Waals surface area (Å²) >= 11 is 6.05. The van der Waals surface area contributed by atoms with Crippen molar-refractivity contribution < 1.29 is 23.9 Å². The van der Waals surface area contributed by atoms with Crippen molar-refractivity contribution in [2.45, 2.75) is 46.3 Å². The number of aromatic nitrogens is 1. The Kier molecular flexibility index (Phi) is 7.26. The number of halogens is 1. The van der Waals surface area contributed by atoms with Gasteiger partial charge in [-0.3, -0.25) is 4.79 Å². The van der Waals surface area contributed by atoms with E-state index in [2.05, 4.69) is 9.77 Å². The Balaban J connectivity index is 2.91. The third-order valence-electron chi connectivity index (χ3n) is 4.37. The van der Waals surface area contributed by atoms with E-state index in [1.54, 1.807) is 38.1 Å². The minimum absolute atomic E-state index is 0.150. The maximum Gasteiger partial charge on any atom is 0.379 e. The van der Waals surface area contributed by atoms with Gasteiger partial charge in [-0.2, -0.15) is 0 Å². The number of carbonyl (C=O) groups excluding carboxylic acids is 2. The lowest BCUT2D eigenvalue weighted by Gasteiger charge is -2.29. The minimum Gasteiger partial charge on any atom is -0.467 e. The summed E-state index contributed by atoms with van der Waals surface area (Å²) in [4.78, 5) is 32.7. The van der Waals surface area contributed by atoms with E-state index in [1.807, 2.05) is 20.8 Å². The van der Waals surface area contributed by atoms with Gasteiger partial charge in [-0.15, -0.1) is 0 Å². The number of esters is 1. The van der Waals surface area contributed by atoms with Crippen molar-refractivity contribution in [1.29, 1.82) is 5.53 Å². The molecule has 158 valence electrons. The molecule has 0 aliphatic heterocycles. The molecule has 0 unspecified atom stereocenters. The molecule has 2 aromatic rings. The highest BCUT2D eigenvalue weighted by molar-refractivity contribution is 6.33. The summed E-state index contributed by atoms with van der Waals surface area (Å²) in [7, 11) is 1.29. The van der Waals surface area contributed by atoms with Crippen molar-refractivity contribution in [2.75, 3.05) is 7.11 Å². The highest BCUT2D eigenvalue weighted by Gasteiger charge is 2.34. The first-order chi connectivity index (χ1) is 14.0. The van der Waals surface area contributed by atoms with E-state index in [4.69, 9.17) is 26.6 Å². The van der Waals surface area contributed by atoms with Crippen LogP contribution in [0.2, 0.25) is 5.02 Å². The molecule has 1 N–H and O–H groups in total. The lowest BCUT2D eigenvalue weighted by molar-refractivity contribution is -0.164. The van der Waals surface area contributed by atoms with E-state index in [-0.39, 0.29) is 5.69 Å². The Bertz CT molecular complexity index is 1020. The van der Waals surface area contributed by atoms with Gasteiger partial charge in [-0.05, 0) is 63.4 Å². The van der Waals surface area contributed by atoms with Gasteiger partial charge in [0.15, 0.2) is 6.10 Å². The minimum atomic E-state index is -1.05. The Morgan fingerprint density at radius 3 is 2.30 bits per heavy atom. The molecule has 1 aromatic carbocycles. The number of hydrogen-bond donors (Lipinski definition) is 1. The average Bonchev–Trinajstić information content (AvgIpc) is 2.67. The normalized spacial score (nSPS) is 12.1. The van der Waals surface area contributed by atoms with Crippen molar-refractivity contribution in [2.24, 2.45) is 0 Å². The summed E-state index contributed by atoms with van der Waals surface area (Å²) in [5.41, 5.74) is 9.31. The topological polar surface area (TPSA) is 103 Å². The molecular weight excluding hydrogens is 406 g/mol. The molecule has 0 radical (unpaired) electrons. The number of aryl methyl sites for hydroxylation is 1. The van der Waals surface area contributed by atoms with E-state index in [0.29, 0.717) is 27.4 Å². The molecule has 0 aliphatic carbocycles. The molecule has 1 heterocycles. The fraction of sp³-hybridized carbons (Fsp3) is 0.364. The summed E-state index contributed by atoms with van der Waals surface area (Å²) in [5.74, 6) is -1.07. The third kappa shape index (κ3) is 5.19. The number of nitrogens with one attached hydrogen (secondary N) is 1. The number of Topliss-reactive ketones (excluding diaryl/α,β-unsaturated/α-hetero) is 1. The van der Waals surface area contributed by atoms with Gasteiger partial charge < -0.3 is 9.47 Å². The van der Waals surface area contributed by atoms with E-state index in [9.17, 15) is 9.59 Å². The van der Waals surface area contributed by atoms with Crippen LogP contribution in [-0.2, 0) is 14.3 Å². The monoisotopic (exact) mass is 430 g/mol. The molecule has 0 saturated heterocycles. The van der Waals surface area contributed by atoms with Crippen LogP contribution in [-0.4, -0.2) is 40.5 Å². The van der Waals surface area contributed by atoms with Crippen molar-refractivity contribution >= 4 is 29.6 Å². The number of ether oxygens (including phenoxy) is 2. The van der Waals surface area contributed by atoms with Gasteiger partial charge in [0.1, 0.15) is 5.69 Å². The largest absolute Gasteiger partial charge is 0.467 e. The van der Waals surface area contributed by atoms with Gasteiger partial charge in [0.25, 0.3) is 5.78 Å². The number of ketones is 1. The molecule has 0 spiro atoms. The van der Waals surface area contributed by atoms with Crippen LogP contribution in [0.3, 0.4) is 0 Å². The van der Waals surface area contributed by atoms with Gasteiger partial charge in [0, 0.05) is 16.3 Å². The van der Waals surface area contributed by atoms with Crippen molar-refractivity contribution in [3.63, 3.8) is 0 Å². The summed E-state index contributed by atoms with van der Waals surface area (Å²) in [6.45, 7) is 8.94. The van der Waals surface area contributed by atoms with Crippen LogP contribution in [0.25, 0.3) is 11.1 Å². The van der Waals surface area contributed by atoms with Crippen LogP contribution in [0.15, 0.2) is 24.3 Å². The molecule has 1 atom stereocenters. The number of pyridine rings is 1. The van der Waals surface area contributed by atoms with Gasteiger partial charge in [0.05, 0.1) is 23.0 Å². The average molecular weight is 431 g/mol. The smallest absolute Gasteiger partial charge is 0.379 e. The first-order valence-corrected chi connectivity index (χ1v) is 9.64. The number of methoxy groups -OCH3 is 1. The Hall–Kier alpha value is -2.86. The van der Waals surface area contributed by atoms with Crippen molar-refractivity contribution in [3.05, 3.63) is 51.8 Å². The number of rotatable bonds is 6. The molecule has 2 rings (SSSR count). The van der Waals surface area contributed by atoms with Gasteiger partial charge in [-0.1, -0.05) is 23.7 Å². The maximum absolute atomic E-state index is 12.7. The zero-order valence-corrected chi connectivity index (χ0v) is 18.6. The quantitative estimate of drug-likeness (QED) is 0.238. The van der Waals surface area contributed by atoms with Crippen LogP contribution in [0.1, 0.15) is 54.2 Å². The molecule has 0 aliphatic rings. The maximum atomic E-state index is 12.7. The lowest BCUT2D eigenvalue weighted by Crippen LogP contribution is -2.30. The van der Waals surface area contributed by atoms with Gasteiger partial charge in [-0.25, -0.2) is 9.78 Å². The molecule has 0 saturated carbocycles. The molecule has 30 heavy (non-hydrogen) atoms. The molecule has 0 amide bonds. The molecule has 1 aromatic heterocycles. The predicted molar refractivity (Wildman–Crippen MR) is 113 cm³/mol. The van der Waals surface area contributed by atoms with Crippen molar-refractivity contribution in [1.82, 2.24) is 4.98 Å². The number of carbonyl (C=O) groups is 2. The van der Waals surface area contributed by atoms with Crippen LogP contribution >= 0.6 is 11.6 Å². The summed E-state index contributed by atoms with van der Waals surface area (Å²) in [6, 6.07) is 7.04. The van der Waals surface area contributed by atoms with E-state index >= 15 is 0 Å². The second-order valence-electron chi connectivity index (χ2n) is 7.72. The van der Waals surface area contributed by atoms with Crippen molar-refractivity contribution in [3.8, 4) is 11.1 Å². The second-order valence-corrected chi connectivity index (χ2v) is 8.16. The Morgan fingerprint density at radius 1 is 1.20 bits per heavy atom. The number of benzene rings is 1. The van der Waals surface area contributed by atoms with Gasteiger partial charge in [0.2, 0.25) is 0 Å². The van der Waals surface area contributed by atoms with Crippen LogP contribution in [0.5, 0.6) is 0 Å². The molecular formula is C22H25ClN3O4+. The fourth-order valence-electron chi connectivity index (χ4n) is 3.17. The second kappa shape index (κ2) is 9.30. The predicted octanol–water partition coefficient (Wildman–Crippen LogP) is 4.54. The fourth-order valence-corrected chi connectivity index (χ4v) is 3.29. The standard InChI is InChI=1S/C22H25ClN3O4/c1-12-17(14-7-9-15(23)10-8-14)18(13(2)26-19(12)16(27)11-25-24)20(21(28)29-6)30-22(3,4)5/h7-11,20,24H,1-6H3/q+1/t20-/m0/s1.